The van der Waals surface area contributed by atoms with Crippen LogP contribution in [0, 0.1) is 0 Å². The topological polar surface area (TPSA) is 89.0 Å². The Labute approximate surface area is 208 Å². The Kier molecular flexibility index (Phi) is 6.89. The summed E-state index contributed by atoms with van der Waals surface area (Å²) in [5.41, 5.74) is 0.433. The molecule has 1 aromatic heterocycles. The summed E-state index contributed by atoms with van der Waals surface area (Å²) in [6.07, 6.45) is -3.87. The SMILES string of the molecule is CCc1cccc(Cl)c1-c1nn(-c2ccc(C(=O)Nc3cccc(C(F)(F)F)c3)c(OC)c2)c(=O)[nH]1. The number of ether oxygens (including phenoxy) is 1. The fourth-order valence-corrected chi connectivity index (χ4v) is 4.00. The largest absolute Gasteiger partial charge is 0.496 e. The highest BCUT2D eigenvalue weighted by atomic mass is 35.5. The molecule has 0 atom stereocenters. The number of aryl methyl sites for hydroxylation is 1. The summed E-state index contributed by atoms with van der Waals surface area (Å²) < 4.78 is 45.4. The Morgan fingerprint density at radius 3 is 2.58 bits per heavy atom. The van der Waals surface area contributed by atoms with E-state index in [4.69, 9.17) is 16.3 Å². The van der Waals surface area contributed by atoms with E-state index >= 15 is 0 Å². The predicted molar refractivity (Wildman–Crippen MR) is 130 cm³/mol. The summed E-state index contributed by atoms with van der Waals surface area (Å²) in [7, 11) is 1.33. The van der Waals surface area contributed by atoms with Gasteiger partial charge in [-0.15, -0.1) is 5.10 Å². The van der Waals surface area contributed by atoms with E-state index < -0.39 is 23.3 Å². The van der Waals surface area contributed by atoms with Gasteiger partial charge in [-0.25, -0.2) is 4.79 Å². The number of H-pyrrole nitrogens is 1. The molecule has 1 heterocycles. The average molecular weight is 517 g/mol. The van der Waals surface area contributed by atoms with Crippen LogP contribution in [0.25, 0.3) is 17.1 Å². The number of hydrogen-bond donors (Lipinski definition) is 2. The number of amides is 1. The zero-order valence-corrected chi connectivity index (χ0v) is 19.9. The number of anilines is 1. The number of rotatable bonds is 6. The third-order valence-electron chi connectivity index (χ3n) is 5.46. The lowest BCUT2D eigenvalue weighted by Crippen LogP contribution is -2.17. The van der Waals surface area contributed by atoms with Gasteiger partial charge in [0.05, 0.1) is 28.9 Å². The molecule has 0 aliphatic heterocycles. The van der Waals surface area contributed by atoms with Gasteiger partial charge in [-0.2, -0.15) is 17.9 Å². The average Bonchev–Trinajstić information content (AvgIpc) is 3.23. The van der Waals surface area contributed by atoms with Crippen molar-refractivity contribution in [1.82, 2.24) is 14.8 Å². The van der Waals surface area contributed by atoms with Gasteiger partial charge in [0.1, 0.15) is 5.75 Å². The molecule has 4 rings (SSSR count). The van der Waals surface area contributed by atoms with Gasteiger partial charge in [0, 0.05) is 17.3 Å². The van der Waals surface area contributed by atoms with Gasteiger partial charge in [0.2, 0.25) is 0 Å². The molecule has 0 bridgehead atoms. The summed E-state index contributed by atoms with van der Waals surface area (Å²) in [6.45, 7) is 1.96. The van der Waals surface area contributed by atoms with Gasteiger partial charge in [-0.3, -0.25) is 9.78 Å². The number of nitrogens with zero attached hydrogens (tertiary/aromatic N) is 2. The molecule has 4 aromatic rings. The maximum absolute atomic E-state index is 13.0. The zero-order valence-electron chi connectivity index (χ0n) is 19.1. The summed E-state index contributed by atoms with van der Waals surface area (Å²) in [5, 5.41) is 7.25. The molecule has 0 spiro atoms. The van der Waals surface area contributed by atoms with Crippen molar-refractivity contribution >= 4 is 23.2 Å². The van der Waals surface area contributed by atoms with Crippen molar-refractivity contribution in [3.8, 4) is 22.8 Å². The van der Waals surface area contributed by atoms with Crippen molar-refractivity contribution in [3.63, 3.8) is 0 Å². The molecule has 0 unspecified atom stereocenters. The number of halogens is 4. The summed E-state index contributed by atoms with van der Waals surface area (Å²) >= 11 is 6.36. The Hall–Kier alpha value is -4.05. The summed E-state index contributed by atoms with van der Waals surface area (Å²) in [4.78, 5) is 28.2. The van der Waals surface area contributed by atoms with Crippen LogP contribution in [-0.4, -0.2) is 27.8 Å². The van der Waals surface area contributed by atoms with Crippen molar-refractivity contribution in [2.24, 2.45) is 0 Å². The quantitative estimate of drug-likeness (QED) is 0.343. The first-order valence-corrected chi connectivity index (χ1v) is 11.1. The highest BCUT2D eigenvalue weighted by molar-refractivity contribution is 6.33. The molecule has 0 saturated carbocycles. The number of hydrogen-bond acceptors (Lipinski definition) is 4. The molecule has 0 aliphatic carbocycles. The first-order valence-electron chi connectivity index (χ1n) is 10.8. The third-order valence-corrected chi connectivity index (χ3v) is 5.77. The van der Waals surface area contributed by atoms with E-state index in [2.05, 4.69) is 15.4 Å². The van der Waals surface area contributed by atoms with E-state index in [0.717, 1.165) is 22.4 Å². The van der Waals surface area contributed by atoms with E-state index in [-0.39, 0.29) is 22.8 Å². The van der Waals surface area contributed by atoms with Crippen LogP contribution < -0.4 is 15.7 Å². The Morgan fingerprint density at radius 1 is 1.14 bits per heavy atom. The molecule has 186 valence electrons. The summed E-state index contributed by atoms with van der Waals surface area (Å²) in [6, 6.07) is 14.0. The second-order valence-corrected chi connectivity index (χ2v) is 8.14. The number of alkyl halides is 3. The maximum Gasteiger partial charge on any atom is 0.416 e. The lowest BCUT2D eigenvalue weighted by molar-refractivity contribution is -0.137. The van der Waals surface area contributed by atoms with E-state index in [9.17, 15) is 22.8 Å². The molecule has 0 aliphatic rings. The number of methoxy groups -OCH3 is 1. The lowest BCUT2D eigenvalue weighted by atomic mass is 10.0. The van der Waals surface area contributed by atoms with E-state index in [0.29, 0.717) is 22.7 Å². The minimum atomic E-state index is -4.54. The molecule has 0 fully saturated rings. The molecule has 36 heavy (non-hydrogen) atoms. The number of benzene rings is 3. The van der Waals surface area contributed by atoms with Crippen LogP contribution in [0.1, 0.15) is 28.4 Å². The van der Waals surface area contributed by atoms with E-state index in [1.165, 1.54) is 37.4 Å². The van der Waals surface area contributed by atoms with Crippen molar-refractivity contribution in [3.05, 3.63) is 92.9 Å². The normalized spacial score (nSPS) is 11.4. The van der Waals surface area contributed by atoms with Crippen molar-refractivity contribution in [2.45, 2.75) is 19.5 Å². The molecule has 7 nitrogen and oxygen atoms in total. The predicted octanol–water partition coefficient (Wildman–Crippen LogP) is 5.72. The Bertz CT molecular complexity index is 1490. The highest BCUT2D eigenvalue weighted by Gasteiger charge is 2.30. The van der Waals surface area contributed by atoms with Crippen LogP contribution in [0.4, 0.5) is 18.9 Å². The number of nitrogens with one attached hydrogen (secondary N) is 2. The lowest BCUT2D eigenvalue weighted by Gasteiger charge is -2.12. The molecule has 0 radical (unpaired) electrons. The first kappa shape index (κ1) is 25.1. The van der Waals surface area contributed by atoms with Gasteiger partial charge >= 0.3 is 11.9 Å². The highest BCUT2D eigenvalue weighted by Crippen LogP contribution is 2.32. The monoisotopic (exact) mass is 516 g/mol. The van der Waals surface area contributed by atoms with Gasteiger partial charge in [0.25, 0.3) is 5.91 Å². The second-order valence-electron chi connectivity index (χ2n) is 7.74. The van der Waals surface area contributed by atoms with Gasteiger partial charge in [0.15, 0.2) is 5.82 Å². The minimum Gasteiger partial charge on any atom is -0.496 e. The van der Waals surface area contributed by atoms with Crippen LogP contribution in [0.5, 0.6) is 5.75 Å². The van der Waals surface area contributed by atoms with Crippen molar-refractivity contribution < 1.29 is 22.7 Å². The maximum atomic E-state index is 13.0. The number of aromatic nitrogens is 3. The van der Waals surface area contributed by atoms with Gasteiger partial charge < -0.3 is 10.1 Å². The summed E-state index contributed by atoms with van der Waals surface area (Å²) in [5.74, 6) is -0.301. The fourth-order valence-electron chi connectivity index (χ4n) is 3.71. The standard InChI is InChI=1S/C25H20ClF3N4O3/c1-3-14-6-4-9-19(26)21(14)22-31-24(35)33(32-22)17-10-11-18(20(13-17)36-2)23(34)30-16-8-5-7-15(12-16)25(27,28)29/h4-13H,3H2,1-2H3,(H,30,34)(H,31,32,35). The first-order chi connectivity index (χ1) is 17.1. The van der Waals surface area contributed by atoms with Crippen LogP contribution in [0.3, 0.4) is 0 Å². The van der Waals surface area contributed by atoms with Gasteiger partial charge in [-0.05, 0) is 48.4 Å². The van der Waals surface area contributed by atoms with E-state index in [1.54, 1.807) is 6.07 Å². The van der Waals surface area contributed by atoms with Gasteiger partial charge in [-0.1, -0.05) is 36.7 Å². The molecule has 3 aromatic carbocycles. The Balaban J connectivity index is 1.66. The smallest absolute Gasteiger partial charge is 0.416 e. The van der Waals surface area contributed by atoms with E-state index in [1.807, 2.05) is 19.1 Å². The molecule has 11 heteroatoms. The fraction of sp³-hybridized carbons (Fsp3) is 0.160. The van der Waals surface area contributed by atoms with Crippen LogP contribution in [-0.2, 0) is 12.6 Å². The van der Waals surface area contributed by atoms with Crippen LogP contribution in [0.2, 0.25) is 5.02 Å². The number of carbonyl (C=O) groups excluding carboxylic acids is 1. The molecule has 1 amide bonds. The molecular weight excluding hydrogens is 497 g/mol. The zero-order chi connectivity index (χ0) is 26.0. The molecule has 2 N–H and O–H groups in total. The Morgan fingerprint density at radius 2 is 1.89 bits per heavy atom. The minimum absolute atomic E-state index is 0.0272. The second kappa shape index (κ2) is 9.90. The molecular formula is C25H20ClF3N4O3. The van der Waals surface area contributed by atoms with Crippen molar-refractivity contribution in [1.29, 1.82) is 0 Å². The number of carbonyl (C=O) groups is 1. The number of aromatic amines is 1. The van der Waals surface area contributed by atoms with Crippen LogP contribution in [0.15, 0.2) is 65.5 Å². The van der Waals surface area contributed by atoms with Crippen molar-refractivity contribution in [2.75, 3.05) is 12.4 Å². The van der Waals surface area contributed by atoms with Crippen LogP contribution >= 0.6 is 11.6 Å². The third kappa shape index (κ3) is 4.99. The molecule has 0 saturated heterocycles.